The van der Waals surface area contributed by atoms with Gasteiger partial charge in [-0.2, -0.15) is 0 Å². The lowest BCUT2D eigenvalue weighted by molar-refractivity contribution is 1.26. The lowest BCUT2D eigenvalue weighted by Crippen LogP contribution is -2.10. The molecule has 0 aliphatic carbocycles. The maximum atomic E-state index is 2.32. The summed E-state index contributed by atoms with van der Waals surface area (Å²) in [6.07, 6.45) is 8.76. The molecule has 0 bridgehead atoms. The SMILES string of the molecule is Cc1ccc(N(c2ccc(C)cc2)c2ccc(C=Cc3ccc(C=Cc4ccc(N(c5ccccc5)c5cccc(C)c5)cc4C)cc3)cc2)cc1. The number of rotatable bonds is 10. The number of hydrogen-bond donors (Lipinski definition) is 0. The van der Waals surface area contributed by atoms with E-state index >= 15 is 0 Å². The minimum atomic E-state index is 1.13. The molecule has 0 aromatic heterocycles. The van der Waals surface area contributed by atoms with Crippen LogP contribution in [0.25, 0.3) is 24.3 Å². The van der Waals surface area contributed by atoms with Gasteiger partial charge in [0, 0.05) is 34.1 Å². The van der Waals surface area contributed by atoms with E-state index in [1.165, 1.54) is 38.9 Å². The smallest absolute Gasteiger partial charge is 0.0464 e. The average molecular weight is 673 g/mol. The Kier molecular flexibility index (Phi) is 10.3. The minimum Gasteiger partial charge on any atom is -0.311 e. The first-order valence-electron chi connectivity index (χ1n) is 17.9. The number of hydrogen-bond acceptors (Lipinski definition) is 2. The van der Waals surface area contributed by atoms with Crippen molar-refractivity contribution in [2.45, 2.75) is 27.7 Å². The molecule has 52 heavy (non-hydrogen) atoms. The van der Waals surface area contributed by atoms with Crippen LogP contribution in [0.4, 0.5) is 34.1 Å². The van der Waals surface area contributed by atoms with Gasteiger partial charge in [-0.1, -0.05) is 132 Å². The van der Waals surface area contributed by atoms with Crippen LogP contribution in [-0.2, 0) is 0 Å². The lowest BCUT2D eigenvalue weighted by atomic mass is 10.0. The topological polar surface area (TPSA) is 6.48 Å². The number of anilines is 6. The van der Waals surface area contributed by atoms with Crippen molar-refractivity contribution in [2.75, 3.05) is 9.80 Å². The van der Waals surface area contributed by atoms with E-state index in [9.17, 15) is 0 Å². The molecule has 0 radical (unpaired) electrons. The maximum absolute atomic E-state index is 2.32. The second kappa shape index (κ2) is 15.7. The van der Waals surface area contributed by atoms with E-state index in [1.807, 2.05) is 0 Å². The molecular weight excluding hydrogens is 629 g/mol. The Balaban J connectivity index is 1.04. The van der Waals surface area contributed by atoms with Gasteiger partial charge >= 0.3 is 0 Å². The van der Waals surface area contributed by atoms with Crippen molar-refractivity contribution in [3.05, 3.63) is 214 Å². The fourth-order valence-corrected chi connectivity index (χ4v) is 6.44. The van der Waals surface area contributed by atoms with Gasteiger partial charge in [0.05, 0.1) is 0 Å². The van der Waals surface area contributed by atoms with Crippen LogP contribution in [-0.4, -0.2) is 0 Å². The molecule has 0 heterocycles. The van der Waals surface area contributed by atoms with Gasteiger partial charge in [-0.25, -0.2) is 0 Å². The van der Waals surface area contributed by atoms with Crippen LogP contribution >= 0.6 is 0 Å². The highest BCUT2D eigenvalue weighted by Gasteiger charge is 2.14. The van der Waals surface area contributed by atoms with Gasteiger partial charge in [0.15, 0.2) is 0 Å². The standard InChI is InChI=1S/C50H44N2/c1-37-13-28-46(29-14-37)51(47-30-15-38(2)16-31-47)48-32-24-43(25-33-48)22-19-41-17-20-42(21-18-41)23-26-44-27-34-50(36-40(44)4)52(45-10-6-5-7-11-45)49-12-8-9-39(3)35-49/h5-36H,1-4H3. The van der Waals surface area contributed by atoms with Crippen molar-refractivity contribution < 1.29 is 0 Å². The molecule has 254 valence electrons. The molecule has 0 amide bonds. The molecule has 0 spiro atoms. The lowest BCUT2D eigenvalue weighted by Gasteiger charge is -2.26. The first-order valence-corrected chi connectivity index (χ1v) is 17.9. The van der Waals surface area contributed by atoms with Gasteiger partial charge in [0.2, 0.25) is 0 Å². The van der Waals surface area contributed by atoms with Gasteiger partial charge in [-0.3, -0.25) is 0 Å². The molecule has 0 saturated heterocycles. The number of nitrogens with zero attached hydrogens (tertiary/aromatic N) is 2. The fraction of sp³-hybridized carbons (Fsp3) is 0.0800. The highest BCUT2D eigenvalue weighted by atomic mass is 15.1. The Labute approximate surface area is 309 Å². The zero-order valence-electron chi connectivity index (χ0n) is 30.4. The maximum Gasteiger partial charge on any atom is 0.0464 e. The molecule has 7 aromatic rings. The van der Waals surface area contributed by atoms with Crippen molar-refractivity contribution >= 4 is 58.4 Å². The summed E-state index contributed by atoms with van der Waals surface area (Å²) >= 11 is 0. The quantitative estimate of drug-likeness (QED) is 0.133. The summed E-state index contributed by atoms with van der Waals surface area (Å²) in [6.45, 7) is 8.57. The Morgan fingerprint density at radius 2 is 0.712 bits per heavy atom. The summed E-state index contributed by atoms with van der Waals surface area (Å²) < 4.78 is 0. The predicted molar refractivity (Wildman–Crippen MR) is 225 cm³/mol. The molecule has 0 aliphatic heterocycles. The third kappa shape index (κ3) is 8.15. The first-order chi connectivity index (χ1) is 25.4. The summed E-state index contributed by atoms with van der Waals surface area (Å²) in [5, 5.41) is 0. The zero-order valence-corrected chi connectivity index (χ0v) is 30.4. The van der Waals surface area contributed by atoms with Crippen LogP contribution in [0.3, 0.4) is 0 Å². The van der Waals surface area contributed by atoms with E-state index in [1.54, 1.807) is 0 Å². The fourth-order valence-electron chi connectivity index (χ4n) is 6.44. The van der Waals surface area contributed by atoms with Crippen LogP contribution in [0.2, 0.25) is 0 Å². The summed E-state index contributed by atoms with van der Waals surface area (Å²) in [6, 6.07) is 60.8. The van der Waals surface area contributed by atoms with E-state index in [4.69, 9.17) is 0 Å². The van der Waals surface area contributed by atoms with E-state index in [0.717, 1.165) is 39.7 Å². The van der Waals surface area contributed by atoms with Gasteiger partial charge < -0.3 is 9.80 Å². The van der Waals surface area contributed by atoms with Gasteiger partial charge in [-0.15, -0.1) is 0 Å². The van der Waals surface area contributed by atoms with Gasteiger partial charge in [0.1, 0.15) is 0 Å². The van der Waals surface area contributed by atoms with Crippen molar-refractivity contribution in [1.29, 1.82) is 0 Å². The van der Waals surface area contributed by atoms with Crippen LogP contribution in [0, 0.1) is 27.7 Å². The van der Waals surface area contributed by atoms with Crippen molar-refractivity contribution in [2.24, 2.45) is 0 Å². The Morgan fingerprint density at radius 3 is 1.23 bits per heavy atom. The van der Waals surface area contributed by atoms with Crippen LogP contribution < -0.4 is 9.80 Å². The molecule has 0 fully saturated rings. The molecule has 0 aliphatic rings. The number of aryl methyl sites for hydroxylation is 4. The van der Waals surface area contributed by atoms with Crippen molar-refractivity contribution in [3.63, 3.8) is 0 Å². The Hall–Kier alpha value is -6.38. The van der Waals surface area contributed by atoms with Crippen molar-refractivity contribution in [1.82, 2.24) is 0 Å². The highest BCUT2D eigenvalue weighted by Crippen LogP contribution is 2.37. The molecule has 2 heteroatoms. The third-order valence-corrected chi connectivity index (χ3v) is 9.38. The number of para-hydroxylation sites is 1. The molecule has 0 atom stereocenters. The zero-order chi connectivity index (χ0) is 35.9. The molecule has 0 saturated carbocycles. The molecule has 0 N–H and O–H groups in total. The largest absolute Gasteiger partial charge is 0.311 e. The summed E-state index contributed by atoms with van der Waals surface area (Å²) in [7, 11) is 0. The van der Waals surface area contributed by atoms with Crippen LogP contribution in [0.5, 0.6) is 0 Å². The minimum absolute atomic E-state index is 1.13. The average Bonchev–Trinajstić information content (AvgIpc) is 3.17. The molecular formula is C50H44N2. The molecule has 7 aromatic carbocycles. The number of benzene rings is 7. The highest BCUT2D eigenvalue weighted by molar-refractivity contribution is 5.81. The first kappa shape index (κ1) is 34.1. The Morgan fingerprint density at radius 1 is 0.308 bits per heavy atom. The Bertz CT molecular complexity index is 2250. The summed E-state index contributed by atoms with van der Waals surface area (Å²) in [5.74, 6) is 0. The molecule has 2 nitrogen and oxygen atoms in total. The van der Waals surface area contributed by atoms with E-state index in [-0.39, 0.29) is 0 Å². The van der Waals surface area contributed by atoms with E-state index < -0.39 is 0 Å². The van der Waals surface area contributed by atoms with Crippen LogP contribution in [0.15, 0.2) is 170 Å². The summed E-state index contributed by atoms with van der Waals surface area (Å²) in [4.78, 5) is 4.62. The molecule has 7 rings (SSSR count). The summed E-state index contributed by atoms with van der Waals surface area (Å²) in [5.41, 5.74) is 16.5. The van der Waals surface area contributed by atoms with E-state index in [2.05, 4.69) is 232 Å². The third-order valence-electron chi connectivity index (χ3n) is 9.38. The van der Waals surface area contributed by atoms with E-state index in [0.29, 0.717) is 0 Å². The monoisotopic (exact) mass is 672 g/mol. The van der Waals surface area contributed by atoms with Gasteiger partial charge in [0.25, 0.3) is 0 Å². The van der Waals surface area contributed by atoms with Gasteiger partial charge in [-0.05, 0) is 134 Å². The van der Waals surface area contributed by atoms with Crippen LogP contribution in [0.1, 0.15) is 44.5 Å². The normalized spacial score (nSPS) is 11.3. The predicted octanol–water partition coefficient (Wildman–Crippen LogP) is 14.2. The second-order valence-corrected chi connectivity index (χ2v) is 13.5. The second-order valence-electron chi connectivity index (χ2n) is 13.5. The molecule has 0 unspecified atom stereocenters. The van der Waals surface area contributed by atoms with Crippen molar-refractivity contribution in [3.8, 4) is 0 Å².